The lowest BCUT2D eigenvalue weighted by molar-refractivity contribution is 0.0952. The number of nitrogens with zero attached hydrogens (tertiary/aromatic N) is 1. The number of carbonyl (C=O) groups is 1. The Hall–Kier alpha value is -3.36. The van der Waals surface area contributed by atoms with Crippen LogP contribution in [0.4, 0.5) is 0 Å². The van der Waals surface area contributed by atoms with E-state index in [0.29, 0.717) is 32.6 Å². The average molecular weight is 584 g/mol. The minimum atomic E-state index is -0.534. The second-order valence-electron chi connectivity index (χ2n) is 7.31. The van der Waals surface area contributed by atoms with Crippen molar-refractivity contribution in [1.82, 2.24) is 5.43 Å². The quantitative estimate of drug-likeness (QED) is 0.194. The summed E-state index contributed by atoms with van der Waals surface area (Å²) in [5.41, 5.74) is 4.27. The van der Waals surface area contributed by atoms with E-state index in [1.165, 1.54) is 18.3 Å². The van der Waals surface area contributed by atoms with Gasteiger partial charge in [-0.3, -0.25) is 4.79 Å². The first-order chi connectivity index (χ1) is 16.5. The maximum atomic E-state index is 12.3. The van der Waals surface area contributed by atoms with Crippen molar-refractivity contribution in [3.8, 4) is 17.2 Å². The van der Waals surface area contributed by atoms with Crippen molar-refractivity contribution in [2.45, 2.75) is 6.61 Å². The molecule has 6 nitrogen and oxygen atoms in total. The molecule has 8 heteroatoms. The zero-order chi connectivity index (χ0) is 24.1. The molecule has 0 aliphatic carbocycles. The molecule has 0 aliphatic heterocycles. The first-order valence-corrected chi connectivity index (χ1v) is 11.8. The molecule has 0 fully saturated rings. The summed E-state index contributed by atoms with van der Waals surface area (Å²) in [7, 11) is 1.56. The lowest BCUT2D eigenvalue weighted by Gasteiger charge is -2.14. The van der Waals surface area contributed by atoms with Gasteiger partial charge in [-0.1, -0.05) is 58.4 Å². The number of rotatable bonds is 7. The van der Waals surface area contributed by atoms with Crippen molar-refractivity contribution in [1.29, 1.82) is 0 Å². The molecule has 0 spiro atoms. The summed E-state index contributed by atoms with van der Waals surface area (Å²) in [6.07, 6.45) is 1.48. The fourth-order valence-electron chi connectivity index (χ4n) is 3.41. The van der Waals surface area contributed by atoms with E-state index >= 15 is 0 Å². The number of nitrogens with one attached hydrogen (secondary N) is 1. The van der Waals surface area contributed by atoms with Crippen LogP contribution < -0.4 is 14.9 Å². The Bertz CT molecular complexity index is 1380. The van der Waals surface area contributed by atoms with Crippen molar-refractivity contribution in [3.05, 3.63) is 98.4 Å². The van der Waals surface area contributed by atoms with Crippen molar-refractivity contribution in [2.75, 3.05) is 7.11 Å². The molecule has 34 heavy (non-hydrogen) atoms. The summed E-state index contributed by atoms with van der Waals surface area (Å²) in [5.74, 6) is 0.433. The average Bonchev–Trinajstić information content (AvgIpc) is 2.85. The second-order valence-corrected chi connectivity index (χ2v) is 9.08. The lowest BCUT2D eigenvalue weighted by Crippen LogP contribution is -2.17. The molecule has 0 saturated carbocycles. The summed E-state index contributed by atoms with van der Waals surface area (Å²) in [6, 6.07) is 22.4. The Labute approximate surface area is 213 Å². The molecule has 0 aliphatic rings. The minimum absolute atomic E-state index is 0.111. The Morgan fingerprint density at radius 3 is 2.65 bits per heavy atom. The molecule has 4 rings (SSSR count). The van der Waals surface area contributed by atoms with E-state index in [2.05, 4.69) is 60.6 Å². The largest absolute Gasteiger partial charge is 0.507 e. The third-order valence-corrected chi connectivity index (χ3v) is 6.30. The molecule has 4 aromatic rings. The van der Waals surface area contributed by atoms with E-state index in [9.17, 15) is 9.90 Å². The van der Waals surface area contributed by atoms with Gasteiger partial charge < -0.3 is 14.6 Å². The van der Waals surface area contributed by atoms with Gasteiger partial charge in [0.2, 0.25) is 0 Å². The zero-order valence-electron chi connectivity index (χ0n) is 18.1. The molecule has 0 unspecified atom stereocenters. The molecular formula is C26H20Br2N2O4. The fourth-order valence-corrected chi connectivity index (χ4v) is 4.19. The molecule has 0 aromatic heterocycles. The van der Waals surface area contributed by atoms with Crippen LogP contribution in [0.3, 0.4) is 0 Å². The van der Waals surface area contributed by atoms with E-state index in [4.69, 9.17) is 9.47 Å². The molecule has 0 saturated heterocycles. The highest BCUT2D eigenvalue weighted by Gasteiger charge is 2.13. The Morgan fingerprint density at radius 1 is 1.03 bits per heavy atom. The van der Waals surface area contributed by atoms with Gasteiger partial charge in [0.25, 0.3) is 5.91 Å². The standard InChI is InChI=1S/C26H20Br2N2O4/c1-33-24-11-18(14-29-30-26(32)21-12-19(27)9-10-23(21)31)22(28)13-25(24)34-15-17-7-4-6-16-5-2-3-8-20(16)17/h2-14,31H,15H2,1H3,(H,30,32)/b29-14-. The van der Waals surface area contributed by atoms with Crippen LogP contribution in [0.1, 0.15) is 21.5 Å². The van der Waals surface area contributed by atoms with Crippen molar-refractivity contribution >= 4 is 54.8 Å². The molecular weight excluding hydrogens is 564 g/mol. The molecule has 0 bridgehead atoms. The normalized spacial score (nSPS) is 11.0. The topological polar surface area (TPSA) is 80.2 Å². The second kappa shape index (κ2) is 10.7. The molecule has 0 radical (unpaired) electrons. The van der Waals surface area contributed by atoms with Crippen molar-refractivity contribution in [2.24, 2.45) is 5.10 Å². The first-order valence-electron chi connectivity index (χ1n) is 10.2. The van der Waals surface area contributed by atoms with Gasteiger partial charge in [-0.25, -0.2) is 5.43 Å². The van der Waals surface area contributed by atoms with Crippen LogP contribution in [0.2, 0.25) is 0 Å². The van der Waals surface area contributed by atoms with Crippen LogP contribution in [0.25, 0.3) is 10.8 Å². The zero-order valence-corrected chi connectivity index (χ0v) is 21.3. The highest BCUT2D eigenvalue weighted by Crippen LogP contribution is 2.34. The number of hydrazone groups is 1. The van der Waals surface area contributed by atoms with Gasteiger partial charge in [-0.15, -0.1) is 0 Å². The summed E-state index contributed by atoms with van der Waals surface area (Å²) in [5, 5.41) is 16.2. The number of hydrogen-bond acceptors (Lipinski definition) is 5. The number of carbonyl (C=O) groups excluding carboxylic acids is 1. The van der Waals surface area contributed by atoms with Gasteiger partial charge in [-0.05, 0) is 62.6 Å². The van der Waals surface area contributed by atoms with E-state index in [-0.39, 0.29) is 11.3 Å². The number of aromatic hydroxyl groups is 1. The third-order valence-electron chi connectivity index (χ3n) is 5.12. The number of ether oxygens (including phenoxy) is 2. The highest BCUT2D eigenvalue weighted by molar-refractivity contribution is 9.10. The number of benzene rings is 4. The number of hydrogen-bond donors (Lipinski definition) is 2. The Kier molecular flexibility index (Phi) is 7.49. The smallest absolute Gasteiger partial charge is 0.275 e. The van der Waals surface area contributed by atoms with Crippen molar-refractivity contribution < 1.29 is 19.4 Å². The Balaban J connectivity index is 1.49. The lowest BCUT2D eigenvalue weighted by atomic mass is 10.1. The summed E-state index contributed by atoms with van der Waals surface area (Å²) in [4.78, 5) is 12.3. The van der Waals surface area contributed by atoms with Crippen LogP contribution in [0, 0.1) is 0 Å². The van der Waals surface area contributed by atoms with Gasteiger partial charge >= 0.3 is 0 Å². The SMILES string of the molecule is COc1cc(/C=N\NC(=O)c2cc(Br)ccc2O)c(Br)cc1OCc1cccc2ccccc12. The number of halogens is 2. The summed E-state index contributed by atoms with van der Waals surface area (Å²) in [6.45, 7) is 0.379. The predicted octanol–water partition coefficient (Wildman–Crippen LogP) is 6.42. The molecule has 0 heterocycles. The summed E-state index contributed by atoms with van der Waals surface area (Å²) >= 11 is 6.80. The fraction of sp³-hybridized carbons (Fsp3) is 0.0769. The maximum Gasteiger partial charge on any atom is 0.275 e. The third kappa shape index (κ3) is 5.40. The molecule has 172 valence electrons. The highest BCUT2D eigenvalue weighted by atomic mass is 79.9. The van der Waals surface area contributed by atoms with E-state index in [1.54, 1.807) is 25.3 Å². The maximum absolute atomic E-state index is 12.3. The van der Waals surface area contributed by atoms with Gasteiger partial charge in [-0.2, -0.15) is 5.10 Å². The minimum Gasteiger partial charge on any atom is -0.507 e. The van der Waals surface area contributed by atoms with Gasteiger partial charge in [0.15, 0.2) is 11.5 Å². The van der Waals surface area contributed by atoms with Crippen LogP contribution in [0.15, 0.2) is 86.8 Å². The molecule has 0 atom stereocenters. The van der Waals surface area contributed by atoms with E-state index < -0.39 is 5.91 Å². The first kappa shape index (κ1) is 23.8. The van der Waals surface area contributed by atoms with Gasteiger partial charge in [0.05, 0.1) is 18.9 Å². The van der Waals surface area contributed by atoms with E-state index in [1.807, 2.05) is 24.3 Å². The summed E-state index contributed by atoms with van der Waals surface area (Å²) < 4.78 is 13.0. The van der Waals surface area contributed by atoms with Crippen LogP contribution in [-0.4, -0.2) is 24.3 Å². The van der Waals surface area contributed by atoms with Crippen LogP contribution in [-0.2, 0) is 6.61 Å². The molecule has 1 amide bonds. The van der Waals surface area contributed by atoms with Crippen LogP contribution in [0.5, 0.6) is 17.2 Å². The number of phenolic OH excluding ortho intramolecular Hbond substituents is 1. The predicted molar refractivity (Wildman–Crippen MR) is 140 cm³/mol. The number of phenols is 1. The van der Waals surface area contributed by atoms with Gasteiger partial charge in [0.1, 0.15) is 12.4 Å². The molecule has 2 N–H and O–H groups in total. The number of methoxy groups -OCH3 is 1. The monoisotopic (exact) mass is 582 g/mol. The number of fused-ring (bicyclic) bond motifs is 1. The van der Waals surface area contributed by atoms with E-state index in [0.717, 1.165) is 16.3 Å². The van der Waals surface area contributed by atoms with Crippen LogP contribution >= 0.6 is 31.9 Å². The van der Waals surface area contributed by atoms with Gasteiger partial charge in [0, 0.05) is 14.5 Å². The molecule has 4 aromatic carbocycles. The Morgan fingerprint density at radius 2 is 1.82 bits per heavy atom. The number of amides is 1. The van der Waals surface area contributed by atoms with Crippen molar-refractivity contribution in [3.63, 3.8) is 0 Å².